The molecule has 0 aromatic heterocycles. The zero-order valence-electron chi connectivity index (χ0n) is 9.56. The third-order valence-electron chi connectivity index (χ3n) is 2.28. The minimum absolute atomic E-state index is 0.0162. The van der Waals surface area contributed by atoms with Gasteiger partial charge in [-0.15, -0.1) is 11.8 Å². The molecule has 88 valence electrons. The molecule has 1 unspecified atom stereocenters. The van der Waals surface area contributed by atoms with E-state index in [0.29, 0.717) is 16.5 Å². The van der Waals surface area contributed by atoms with Crippen molar-refractivity contribution < 1.29 is 9.90 Å². The molecule has 0 amide bonds. The number of carbonyl (C=O) groups is 1. The highest BCUT2D eigenvalue weighted by Gasteiger charge is 2.08. The first kappa shape index (κ1) is 13.1. The van der Waals surface area contributed by atoms with Crippen LogP contribution < -0.4 is 5.73 Å². The number of aliphatic hydroxyl groups excluding tert-OH is 1. The van der Waals surface area contributed by atoms with Gasteiger partial charge >= 0.3 is 0 Å². The molecule has 1 aromatic rings. The number of anilines is 1. The predicted molar refractivity (Wildman–Crippen MR) is 67.9 cm³/mol. The van der Waals surface area contributed by atoms with E-state index < -0.39 is 0 Å². The third-order valence-corrected chi connectivity index (χ3v) is 3.44. The van der Waals surface area contributed by atoms with Crippen LogP contribution in [0.1, 0.15) is 30.6 Å². The van der Waals surface area contributed by atoms with E-state index in [1.165, 1.54) is 6.92 Å². The van der Waals surface area contributed by atoms with Gasteiger partial charge in [-0.2, -0.15) is 0 Å². The van der Waals surface area contributed by atoms with Gasteiger partial charge in [0.15, 0.2) is 5.78 Å². The lowest BCUT2D eigenvalue weighted by Gasteiger charge is -2.10. The normalized spacial score (nSPS) is 12.4. The first-order chi connectivity index (χ1) is 7.54. The van der Waals surface area contributed by atoms with E-state index in [2.05, 4.69) is 6.92 Å². The number of carbonyl (C=O) groups excluding carboxylic acids is 1. The van der Waals surface area contributed by atoms with Crippen molar-refractivity contribution >= 4 is 23.2 Å². The third kappa shape index (κ3) is 3.54. The van der Waals surface area contributed by atoms with Crippen molar-refractivity contribution in [2.24, 2.45) is 0 Å². The van der Waals surface area contributed by atoms with E-state index in [0.717, 1.165) is 11.3 Å². The molecular formula is C12H17NO2S. The number of benzene rings is 1. The van der Waals surface area contributed by atoms with Crippen molar-refractivity contribution in [3.63, 3.8) is 0 Å². The molecule has 0 aliphatic heterocycles. The lowest BCUT2D eigenvalue weighted by atomic mass is 10.1. The average molecular weight is 239 g/mol. The minimum atomic E-state index is -0.0162. The van der Waals surface area contributed by atoms with E-state index in [1.807, 2.05) is 12.1 Å². The van der Waals surface area contributed by atoms with Crippen LogP contribution in [-0.4, -0.2) is 22.7 Å². The van der Waals surface area contributed by atoms with E-state index >= 15 is 0 Å². The van der Waals surface area contributed by atoms with Crippen LogP contribution in [0.15, 0.2) is 23.1 Å². The van der Waals surface area contributed by atoms with Gasteiger partial charge in [-0.3, -0.25) is 4.79 Å². The molecule has 0 fully saturated rings. The van der Waals surface area contributed by atoms with Gasteiger partial charge in [-0.25, -0.2) is 0 Å². The number of thioether (sulfide) groups is 1. The van der Waals surface area contributed by atoms with Gasteiger partial charge in [0.25, 0.3) is 0 Å². The standard InChI is InChI=1S/C12H17NO2S/c1-8(5-6-14)16-10-3-4-11(9(2)15)12(13)7-10/h3-4,7-8,14H,5-6,13H2,1-2H3. The number of aliphatic hydroxyl groups is 1. The van der Waals surface area contributed by atoms with Crippen LogP contribution in [0.4, 0.5) is 5.69 Å². The molecule has 1 aromatic carbocycles. The van der Waals surface area contributed by atoms with Crippen molar-refractivity contribution in [2.45, 2.75) is 30.4 Å². The van der Waals surface area contributed by atoms with Crippen molar-refractivity contribution in [3.05, 3.63) is 23.8 Å². The molecule has 0 spiro atoms. The van der Waals surface area contributed by atoms with Crippen LogP contribution in [0.3, 0.4) is 0 Å². The minimum Gasteiger partial charge on any atom is -0.398 e. The Morgan fingerprint density at radius 2 is 2.25 bits per heavy atom. The van der Waals surface area contributed by atoms with Crippen LogP contribution in [0.2, 0.25) is 0 Å². The van der Waals surface area contributed by atoms with Gasteiger partial charge in [0.1, 0.15) is 0 Å². The maximum absolute atomic E-state index is 11.2. The lowest BCUT2D eigenvalue weighted by molar-refractivity contribution is 0.101. The van der Waals surface area contributed by atoms with E-state index in [1.54, 1.807) is 17.8 Å². The lowest BCUT2D eigenvalue weighted by Crippen LogP contribution is -2.01. The Kier molecular flexibility index (Phi) is 4.83. The molecule has 4 heteroatoms. The van der Waals surface area contributed by atoms with Gasteiger partial charge < -0.3 is 10.8 Å². The largest absolute Gasteiger partial charge is 0.398 e. The Balaban J connectivity index is 2.77. The molecule has 0 radical (unpaired) electrons. The second-order valence-corrected chi connectivity index (χ2v) is 5.26. The summed E-state index contributed by atoms with van der Waals surface area (Å²) in [6.45, 7) is 3.75. The topological polar surface area (TPSA) is 63.3 Å². The van der Waals surface area contributed by atoms with E-state index in [-0.39, 0.29) is 12.4 Å². The first-order valence-corrected chi connectivity index (χ1v) is 6.10. The smallest absolute Gasteiger partial charge is 0.161 e. The van der Waals surface area contributed by atoms with Crippen molar-refractivity contribution in [2.75, 3.05) is 12.3 Å². The molecule has 0 saturated heterocycles. The molecule has 0 bridgehead atoms. The summed E-state index contributed by atoms with van der Waals surface area (Å²) >= 11 is 1.65. The second kappa shape index (κ2) is 5.92. The summed E-state index contributed by atoms with van der Waals surface area (Å²) in [7, 11) is 0. The Hall–Kier alpha value is -1.00. The number of ketones is 1. The molecule has 0 heterocycles. The number of rotatable bonds is 5. The Morgan fingerprint density at radius 1 is 1.56 bits per heavy atom. The highest BCUT2D eigenvalue weighted by molar-refractivity contribution is 7.99. The highest BCUT2D eigenvalue weighted by Crippen LogP contribution is 2.28. The Labute approximate surface area is 100 Å². The molecule has 16 heavy (non-hydrogen) atoms. The van der Waals surface area contributed by atoms with Gasteiger partial charge in [0.2, 0.25) is 0 Å². The molecule has 0 aliphatic carbocycles. The summed E-state index contributed by atoms with van der Waals surface area (Å²) in [5.74, 6) is -0.0162. The van der Waals surface area contributed by atoms with E-state index in [4.69, 9.17) is 10.8 Å². The summed E-state index contributed by atoms with van der Waals surface area (Å²) in [6.07, 6.45) is 0.749. The van der Waals surface area contributed by atoms with Gasteiger partial charge in [-0.05, 0) is 31.5 Å². The van der Waals surface area contributed by atoms with Crippen LogP contribution >= 0.6 is 11.8 Å². The van der Waals surface area contributed by atoms with Gasteiger partial charge in [0, 0.05) is 28.0 Å². The quantitative estimate of drug-likeness (QED) is 0.470. The first-order valence-electron chi connectivity index (χ1n) is 5.22. The molecular weight excluding hydrogens is 222 g/mol. The predicted octanol–water partition coefficient (Wildman–Crippen LogP) is 2.33. The molecule has 1 atom stereocenters. The monoisotopic (exact) mass is 239 g/mol. The molecule has 0 aliphatic rings. The SMILES string of the molecule is CC(=O)c1ccc(SC(C)CCO)cc1N. The van der Waals surface area contributed by atoms with Crippen LogP contribution in [0, 0.1) is 0 Å². The van der Waals surface area contributed by atoms with Gasteiger partial charge in [0.05, 0.1) is 0 Å². The fraction of sp³-hybridized carbons (Fsp3) is 0.417. The summed E-state index contributed by atoms with van der Waals surface area (Å²) in [4.78, 5) is 12.2. The molecule has 3 N–H and O–H groups in total. The number of hydrogen-bond donors (Lipinski definition) is 2. The van der Waals surface area contributed by atoms with Crippen molar-refractivity contribution in [3.8, 4) is 0 Å². The van der Waals surface area contributed by atoms with E-state index in [9.17, 15) is 4.79 Å². The maximum atomic E-state index is 11.2. The zero-order chi connectivity index (χ0) is 12.1. The summed E-state index contributed by atoms with van der Waals surface area (Å²) in [5, 5.41) is 9.14. The number of nitrogens with two attached hydrogens (primary N) is 1. The molecule has 3 nitrogen and oxygen atoms in total. The highest BCUT2D eigenvalue weighted by atomic mass is 32.2. The Bertz CT molecular complexity index is 379. The van der Waals surface area contributed by atoms with Crippen LogP contribution in [-0.2, 0) is 0 Å². The fourth-order valence-electron chi connectivity index (χ4n) is 1.41. The second-order valence-electron chi connectivity index (χ2n) is 3.75. The number of nitrogen functional groups attached to an aromatic ring is 1. The van der Waals surface area contributed by atoms with Crippen LogP contribution in [0.25, 0.3) is 0 Å². The molecule has 1 rings (SSSR count). The number of Topliss-reactive ketones (excluding diaryl/α,β-unsaturated/α-hetero) is 1. The fourth-order valence-corrected chi connectivity index (χ4v) is 2.44. The summed E-state index contributed by atoms with van der Waals surface area (Å²) < 4.78 is 0. The average Bonchev–Trinajstić information content (AvgIpc) is 2.17. The Morgan fingerprint density at radius 3 is 2.75 bits per heavy atom. The summed E-state index contributed by atoms with van der Waals surface area (Å²) in [5.41, 5.74) is 6.88. The summed E-state index contributed by atoms with van der Waals surface area (Å²) in [6, 6.07) is 5.46. The van der Waals surface area contributed by atoms with Crippen molar-refractivity contribution in [1.29, 1.82) is 0 Å². The van der Waals surface area contributed by atoms with Gasteiger partial charge in [-0.1, -0.05) is 6.92 Å². The maximum Gasteiger partial charge on any atom is 0.161 e. The van der Waals surface area contributed by atoms with Crippen LogP contribution in [0.5, 0.6) is 0 Å². The number of hydrogen-bond acceptors (Lipinski definition) is 4. The van der Waals surface area contributed by atoms with Crippen molar-refractivity contribution in [1.82, 2.24) is 0 Å². The molecule has 0 saturated carbocycles. The zero-order valence-corrected chi connectivity index (χ0v) is 10.4.